The van der Waals surface area contributed by atoms with E-state index in [9.17, 15) is 5.11 Å². The largest absolute Gasteiger partial charge is 0.393 e. The van der Waals surface area contributed by atoms with Crippen molar-refractivity contribution in [2.24, 2.45) is 28.6 Å². The van der Waals surface area contributed by atoms with E-state index in [1.807, 2.05) is 12.4 Å². The SMILES string of the molecule is C[C@]12CC[C@H](O)CC1=CC[C@@H]1C2CC[C@]2(C)C(c3cccnc3)=CC[C@@H]12. The molecule has 0 aromatic carbocycles. The molecule has 138 valence electrons. The zero-order chi connectivity index (χ0) is 17.9. The van der Waals surface area contributed by atoms with Gasteiger partial charge in [0.25, 0.3) is 0 Å². The first-order chi connectivity index (χ1) is 12.5. The summed E-state index contributed by atoms with van der Waals surface area (Å²) < 4.78 is 0. The summed E-state index contributed by atoms with van der Waals surface area (Å²) in [5.41, 5.74) is 5.09. The van der Waals surface area contributed by atoms with Crippen LogP contribution < -0.4 is 0 Å². The molecule has 0 spiro atoms. The lowest BCUT2D eigenvalue weighted by atomic mass is 9.47. The molecule has 2 saturated carbocycles. The first kappa shape index (κ1) is 16.7. The number of rotatable bonds is 1. The van der Waals surface area contributed by atoms with Crippen LogP contribution in [0.1, 0.15) is 64.4 Å². The van der Waals surface area contributed by atoms with Crippen molar-refractivity contribution in [1.82, 2.24) is 4.98 Å². The molecule has 0 bridgehead atoms. The highest BCUT2D eigenvalue weighted by molar-refractivity contribution is 5.72. The Labute approximate surface area is 157 Å². The van der Waals surface area contributed by atoms with Crippen molar-refractivity contribution >= 4 is 5.57 Å². The Morgan fingerprint density at radius 2 is 1.88 bits per heavy atom. The molecule has 1 heterocycles. The van der Waals surface area contributed by atoms with Crippen LogP contribution in [-0.2, 0) is 0 Å². The van der Waals surface area contributed by atoms with Crippen molar-refractivity contribution in [3.8, 4) is 0 Å². The normalized spacial score (nSPS) is 44.4. The van der Waals surface area contributed by atoms with Crippen LogP contribution in [0.25, 0.3) is 5.57 Å². The average molecular weight is 350 g/mol. The molecule has 5 rings (SSSR count). The quantitative estimate of drug-likeness (QED) is 0.689. The second kappa shape index (κ2) is 5.79. The van der Waals surface area contributed by atoms with Gasteiger partial charge >= 0.3 is 0 Å². The smallest absolute Gasteiger partial charge is 0.0577 e. The molecule has 1 aromatic heterocycles. The summed E-state index contributed by atoms with van der Waals surface area (Å²) in [6.45, 7) is 5.03. The first-order valence-electron chi connectivity index (χ1n) is 10.5. The fourth-order valence-corrected chi connectivity index (χ4v) is 7.18. The van der Waals surface area contributed by atoms with Gasteiger partial charge in [0, 0.05) is 12.4 Å². The van der Waals surface area contributed by atoms with Crippen LogP contribution in [0, 0.1) is 28.6 Å². The molecular weight excluding hydrogens is 318 g/mol. The molecule has 0 saturated heterocycles. The molecule has 6 atom stereocenters. The van der Waals surface area contributed by atoms with Crippen LogP contribution in [0.5, 0.6) is 0 Å². The van der Waals surface area contributed by atoms with Crippen molar-refractivity contribution in [1.29, 1.82) is 0 Å². The van der Waals surface area contributed by atoms with E-state index < -0.39 is 0 Å². The van der Waals surface area contributed by atoms with Crippen molar-refractivity contribution in [3.05, 3.63) is 47.8 Å². The third kappa shape index (κ3) is 2.24. The maximum atomic E-state index is 10.2. The zero-order valence-corrected chi connectivity index (χ0v) is 16.1. The Hall–Kier alpha value is -1.41. The summed E-state index contributed by atoms with van der Waals surface area (Å²) in [4.78, 5) is 4.38. The molecule has 2 nitrogen and oxygen atoms in total. The summed E-state index contributed by atoms with van der Waals surface area (Å²) in [5.74, 6) is 2.36. The lowest BCUT2D eigenvalue weighted by Crippen LogP contribution is -2.49. The maximum absolute atomic E-state index is 10.2. The van der Waals surface area contributed by atoms with E-state index >= 15 is 0 Å². The average Bonchev–Trinajstić information content (AvgIpc) is 3.00. The highest BCUT2D eigenvalue weighted by Crippen LogP contribution is 2.66. The second-order valence-electron chi connectivity index (χ2n) is 9.71. The van der Waals surface area contributed by atoms with Gasteiger partial charge in [0.05, 0.1) is 6.10 Å². The van der Waals surface area contributed by atoms with E-state index in [0.717, 1.165) is 30.6 Å². The number of hydrogen-bond donors (Lipinski definition) is 1. The van der Waals surface area contributed by atoms with Gasteiger partial charge in [0.15, 0.2) is 0 Å². The molecule has 4 aliphatic rings. The summed E-state index contributed by atoms with van der Waals surface area (Å²) in [6, 6.07) is 4.31. The van der Waals surface area contributed by atoms with Crippen molar-refractivity contribution in [3.63, 3.8) is 0 Å². The van der Waals surface area contributed by atoms with Crippen LogP contribution in [-0.4, -0.2) is 16.2 Å². The summed E-state index contributed by atoms with van der Waals surface area (Å²) in [5, 5.41) is 10.2. The molecule has 0 aliphatic heterocycles. The van der Waals surface area contributed by atoms with Gasteiger partial charge < -0.3 is 5.11 Å². The minimum absolute atomic E-state index is 0.106. The minimum Gasteiger partial charge on any atom is -0.393 e. The van der Waals surface area contributed by atoms with Gasteiger partial charge in [0.1, 0.15) is 0 Å². The predicted octanol–water partition coefficient (Wildman–Crippen LogP) is 5.40. The van der Waals surface area contributed by atoms with Gasteiger partial charge in [-0.05, 0) is 90.7 Å². The van der Waals surface area contributed by atoms with E-state index in [2.05, 4.69) is 43.1 Å². The zero-order valence-electron chi connectivity index (χ0n) is 16.1. The lowest BCUT2D eigenvalue weighted by molar-refractivity contribution is -0.0238. The van der Waals surface area contributed by atoms with Crippen LogP contribution >= 0.6 is 0 Å². The van der Waals surface area contributed by atoms with Crippen LogP contribution in [0.2, 0.25) is 0 Å². The Kier molecular flexibility index (Phi) is 3.73. The molecule has 1 N–H and O–H groups in total. The van der Waals surface area contributed by atoms with E-state index in [1.165, 1.54) is 37.7 Å². The van der Waals surface area contributed by atoms with Crippen LogP contribution in [0.3, 0.4) is 0 Å². The molecule has 2 heteroatoms. The third-order valence-corrected chi connectivity index (χ3v) is 8.63. The number of nitrogens with zero attached hydrogens (tertiary/aromatic N) is 1. The molecule has 2 fully saturated rings. The Bertz CT molecular complexity index is 766. The molecule has 26 heavy (non-hydrogen) atoms. The van der Waals surface area contributed by atoms with Crippen LogP contribution in [0.4, 0.5) is 0 Å². The Morgan fingerprint density at radius 3 is 2.69 bits per heavy atom. The van der Waals surface area contributed by atoms with Gasteiger partial charge in [-0.15, -0.1) is 0 Å². The van der Waals surface area contributed by atoms with Crippen LogP contribution in [0.15, 0.2) is 42.3 Å². The summed E-state index contributed by atoms with van der Waals surface area (Å²) in [6.07, 6.45) is 17.0. The molecule has 0 radical (unpaired) electrons. The lowest BCUT2D eigenvalue weighted by Gasteiger charge is -2.57. The summed E-state index contributed by atoms with van der Waals surface area (Å²) in [7, 11) is 0. The van der Waals surface area contributed by atoms with E-state index in [4.69, 9.17) is 0 Å². The third-order valence-electron chi connectivity index (χ3n) is 8.63. The minimum atomic E-state index is -0.106. The fourth-order valence-electron chi connectivity index (χ4n) is 7.18. The standard InChI is InChI=1S/C24H31NO/c1-23-11-9-18(26)14-17(23)5-6-19-21-8-7-20(16-4-3-13-25-15-16)24(21,2)12-10-22(19)23/h3-5,7,13,15,18-19,21-22,26H,6,8-12,14H2,1-2H3/t18-,19-,21-,22?,23-,24+/m0/s1. The monoisotopic (exact) mass is 349 g/mol. The molecule has 1 aromatic rings. The number of aliphatic hydroxyl groups excluding tert-OH is 1. The Balaban J connectivity index is 1.48. The Morgan fingerprint density at radius 1 is 1.04 bits per heavy atom. The highest BCUT2D eigenvalue weighted by atomic mass is 16.3. The fraction of sp³-hybridized carbons (Fsp3) is 0.625. The molecule has 0 amide bonds. The predicted molar refractivity (Wildman–Crippen MR) is 105 cm³/mol. The van der Waals surface area contributed by atoms with Crippen molar-refractivity contribution < 1.29 is 5.11 Å². The van der Waals surface area contributed by atoms with E-state index in [1.54, 1.807) is 11.1 Å². The van der Waals surface area contributed by atoms with Gasteiger partial charge in [-0.1, -0.05) is 37.6 Å². The number of aromatic nitrogens is 1. The number of hydrogen-bond acceptors (Lipinski definition) is 2. The second-order valence-corrected chi connectivity index (χ2v) is 9.71. The topological polar surface area (TPSA) is 33.1 Å². The number of allylic oxidation sites excluding steroid dienone is 3. The van der Waals surface area contributed by atoms with E-state index in [-0.39, 0.29) is 6.10 Å². The first-order valence-corrected chi connectivity index (χ1v) is 10.5. The molecule has 1 unspecified atom stereocenters. The maximum Gasteiger partial charge on any atom is 0.0577 e. The van der Waals surface area contributed by atoms with Crippen molar-refractivity contribution in [2.75, 3.05) is 0 Å². The number of pyridine rings is 1. The summed E-state index contributed by atoms with van der Waals surface area (Å²) >= 11 is 0. The highest BCUT2D eigenvalue weighted by Gasteiger charge is 2.56. The van der Waals surface area contributed by atoms with Crippen molar-refractivity contribution in [2.45, 2.75) is 64.9 Å². The van der Waals surface area contributed by atoms with Gasteiger partial charge in [-0.25, -0.2) is 0 Å². The molecular formula is C24H31NO. The van der Waals surface area contributed by atoms with E-state index in [0.29, 0.717) is 10.8 Å². The molecule has 4 aliphatic carbocycles. The van der Waals surface area contributed by atoms with Gasteiger partial charge in [0.2, 0.25) is 0 Å². The van der Waals surface area contributed by atoms with Gasteiger partial charge in [-0.2, -0.15) is 0 Å². The number of fused-ring (bicyclic) bond motifs is 5. The number of aliphatic hydroxyl groups is 1. The van der Waals surface area contributed by atoms with Gasteiger partial charge in [-0.3, -0.25) is 4.98 Å².